The molecular weight excluding hydrogens is 357 g/mol. The summed E-state index contributed by atoms with van der Waals surface area (Å²) in [5.74, 6) is -0.615. The summed E-state index contributed by atoms with van der Waals surface area (Å²) in [6.07, 6.45) is -4.34. The van der Waals surface area contributed by atoms with Gasteiger partial charge in [0.25, 0.3) is 0 Å². The van der Waals surface area contributed by atoms with Crippen LogP contribution in [0.25, 0.3) is 11.0 Å². The van der Waals surface area contributed by atoms with Crippen molar-refractivity contribution in [3.63, 3.8) is 0 Å². The number of halogens is 1. The van der Waals surface area contributed by atoms with E-state index in [4.69, 9.17) is 6.85 Å². The predicted octanol–water partition coefficient (Wildman–Crippen LogP) is 3.77. The number of para-hydroxylation sites is 2. The van der Waals surface area contributed by atoms with E-state index in [9.17, 15) is 14.0 Å². The first-order chi connectivity index (χ1) is 15.5. The zero-order chi connectivity index (χ0) is 24.0. The number of aromatic amines is 1. The van der Waals surface area contributed by atoms with E-state index in [0.717, 1.165) is 4.57 Å². The number of carbonyl (C=O) groups is 1. The third kappa shape index (κ3) is 3.92. The number of hydrogen-bond acceptors (Lipinski definition) is 3. The van der Waals surface area contributed by atoms with E-state index in [1.165, 1.54) is 24.3 Å². The Kier molecular flexibility index (Phi) is 3.89. The number of ketones is 1. The lowest BCUT2D eigenvalue weighted by Gasteiger charge is -2.32. The number of hydrogen-bond donors (Lipinski definition) is 1. The number of nitrogens with zero attached hydrogens (tertiary/aromatic N) is 2. The van der Waals surface area contributed by atoms with Crippen LogP contribution in [0.2, 0.25) is 0 Å². The van der Waals surface area contributed by atoms with Crippen molar-refractivity contribution in [2.75, 3.05) is 19.6 Å². The number of nitrogens with one attached hydrogen (secondary N) is 1. The Morgan fingerprint density at radius 3 is 2.64 bits per heavy atom. The number of piperidine rings is 1. The van der Waals surface area contributed by atoms with Crippen molar-refractivity contribution in [2.45, 2.75) is 31.6 Å². The van der Waals surface area contributed by atoms with Crippen LogP contribution in [0.5, 0.6) is 0 Å². The highest BCUT2D eigenvalue weighted by Gasteiger charge is 2.23. The highest BCUT2D eigenvalue weighted by atomic mass is 19.1. The summed E-state index contributed by atoms with van der Waals surface area (Å²) in [6, 6.07) is 9.25. The van der Waals surface area contributed by atoms with Gasteiger partial charge in [0.2, 0.25) is 0 Å². The van der Waals surface area contributed by atoms with Crippen LogP contribution >= 0.6 is 0 Å². The van der Waals surface area contributed by atoms with Gasteiger partial charge in [-0.05, 0) is 62.1 Å². The van der Waals surface area contributed by atoms with Gasteiger partial charge in [-0.3, -0.25) is 9.36 Å². The fourth-order valence-electron chi connectivity index (χ4n) is 3.33. The molecule has 1 aliphatic heterocycles. The second-order valence-electron chi connectivity index (χ2n) is 6.73. The van der Waals surface area contributed by atoms with Crippen LogP contribution in [-0.2, 0) is 0 Å². The standard InChI is InChI=1S/C22H24FN3O2/c23-17-9-7-16(8-10-17)21(27)6-3-13-25-14-11-18(12-15-25)26-20-5-2-1-4-19(20)24-22(26)28/h1-2,4-5,7-10,18H,3,6,11-15H2,(H,24,28)/i11D2,12D2,18D. The number of likely N-dealkylation sites (tertiary alicyclic amines) is 1. The molecule has 0 atom stereocenters. The normalized spacial score (nSPS) is 23.2. The average molecular weight is 386 g/mol. The molecule has 6 heteroatoms. The van der Waals surface area contributed by atoms with E-state index in [1.54, 1.807) is 29.2 Å². The van der Waals surface area contributed by atoms with Crippen LogP contribution in [0, 0.1) is 5.82 Å². The molecule has 0 bridgehead atoms. The Morgan fingerprint density at radius 2 is 1.89 bits per heavy atom. The summed E-state index contributed by atoms with van der Waals surface area (Å²) in [6.45, 7) is -0.301. The van der Waals surface area contributed by atoms with Gasteiger partial charge in [-0.15, -0.1) is 0 Å². The molecule has 0 unspecified atom stereocenters. The Balaban J connectivity index is 1.53. The minimum Gasteiger partial charge on any atom is -0.306 e. The smallest absolute Gasteiger partial charge is 0.306 e. The molecule has 0 radical (unpaired) electrons. The molecule has 28 heavy (non-hydrogen) atoms. The monoisotopic (exact) mass is 386 g/mol. The van der Waals surface area contributed by atoms with Gasteiger partial charge in [-0.25, -0.2) is 9.18 Å². The Morgan fingerprint density at radius 1 is 1.18 bits per heavy atom. The molecule has 1 saturated heterocycles. The predicted molar refractivity (Wildman–Crippen MR) is 107 cm³/mol. The molecule has 0 spiro atoms. The molecule has 2 heterocycles. The van der Waals surface area contributed by atoms with Crippen LogP contribution in [0.15, 0.2) is 53.3 Å². The van der Waals surface area contributed by atoms with Gasteiger partial charge < -0.3 is 9.88 Å². The Hall–Kier alpha value is -2.73. The number of carbonyl (C=O) groups excluding carboxylic acids is 1. The fourth-order valence-corrected chi connectivity index (χ4v) is 3.33. The molecule has 2 aromatic carbocycles. The molecule has 0 amide bonds. The molecule has 1 aromatic heterocycles. The van der Waals surface area contributed by atoms with E-state index in [2.05, 4.69) is 4.98 Å². The molecular formula is C22H24FN3O2. The maximum Gasteiger partial charge on any atom is 0.326 e. The summed E-state index contributed by atoms with van der Waals surface area (Å²) < 4.78 is 57.3. The second-order valence-corrected chi connectivity index (χ2v) is 6.73. The van der Waals surface area contributed by atoms with Crippen molar-refractivity contribution in [1.82, 2.24) is 14.5 Å². The van der Waals surface area contributed by atoms with Crippen molar-refractivity contribution in [2.24, 2.45) is 0 Å². The van der Waals surface area contributed by atoms with Crippen molar-refractivity contribution < 1.29 is 16.0 Å². The largest absolute Gasteiger partial charge is 0.326 e. The van der Waals surface area contributed by atoms with Gasteiger partial charge in [0.1, 0.15) is 5.82 Å². The molecule has 1 N–H and O–H groups in total. The number of aromatic nitrogens is 2. The minimum absolute atomic E-state index is 0.141. The summed E-state index contributed by atoms with van der Waals surface area (Å²) in [5.41, 5.74) is 0.313. The van der Waals surface area contributed by atoms with Gasteiger partial charge in [0.15, 0.2) is 5.78 Å². The third-order valence-electron chi connectivity index (χ3n) is 4.80. The highest BCUT2D eigenvalue weighted by molar-refractivity contribution is 5.95. The lowest BCUT2D eigenvalue weighted by molar-refractivity contribution is 0.0970. The van der Waals surface area contributed by atoms with Gasteiger partial charge >= 0.3 is 5.69 Å². The van der Waals surface area contributed by atoms with E-state index in [0.29, 0.717) is 17.5 Å². The number of rotatable bonds is 6. The number of Topliss-reactive ketones (excluding diaryl/α,β-unsaturated/α-hetero) is 1. The molecule has 146 valence electrons. The Bertz CT molecular complexity index is 1220. The van der Waals surface area contributed by atoms with Crippen LogP contribution in [0.3, 0.4) is 0 Å². The van der Waals surface area contributed by atoms with E-state index >= 15 is 0 Å². The quantitative estimate of drug-likeness (QED) is 0.656. The first-order valence-corrected chi connectivity index (χ1v) is 9.18. The molecule has 0 saturated carbocycles. The molecule has 1 fully saturated rings. The summed E-state index contributed by atoms with van der Waals surface area (Å²) >= 11 is 0. The van der Waals surface area contributed by atoms with Crippen molar-refractivity contribution in [3.05, 3.63) is 70.4 Å². The number of benzene rings is 2. The third-order valence-corrected chi connectivity index (χ3v) is 4.80. The van der Waals surface area contributed by atoms with Crippen molar-refractivity contribution in [1.29, 1.82) is 0 Å². The SMILES string of the molecule is [2H]C1([2H])CN(CCCC(=O)c2ccc(F)cc2)CC([2H])([2H])C1([2H])n1c(=O)[nH]c2ccccc21. The van der Waals surface area contributed by atoms with E-state index in [1.807, 2.05) is 0 Å². The van der Waals surface area contributed by atoms with Gasteiger partial charge in [-0.1, -0.05) is 12.1 Å². The lowest BCUT2D eigenvalue weighted by atomic mass is 10.0. The summed E-state index contributed by atoms with van der Waals surface area (Å²) in [4.78, 5) is 29.1. The maximum atomic E-state index is 13.0. The molecule has 5 nitrogen and oxygen atoms in total. The van der Waals surface area contributed by atoms with Crippen LogP contribution in [0.4, 0.5) is 4.39 Å². The van der Waals surface area contributed by atoms with E-state index in [-0.39, 0.29) is 37.4 Å². The topological polar surface area (TPSA) is 58.1 Å². The second kappa shape index (κ2) is 8.10. The zero-order valence-electron chi connectivity index (χ0n) is 20.2. The number of imidazole rings is 1. The first kappa shape index (κ1) is 13.4. The minimum atomic E-state index is -2.50. The highest BCUT2D eigenvalue weighted by Crippen LogP contribution is 2.25. The van der Waals surface area contributed by atoms with Crippen molar-refractivity contribution >= 4 is 16.8 Å². The van der Waals surface area contributed by atoms with Crippen LogP contribution in [-0.4, -0.2) is 39.9 Å². The lowest BCUT2D eigenvalue weighted by Crippen LogP contribution is -2.37. The molecule has 1 aliphatic rings. The van der Waals surface area contributed by atoms with Gasteiger partial charge in [-0.2, -0.15) is 0 Å². The summed E-state index contributed by atoms with van der Waals surface area (Å²) in [7, 11) is 0. The molecule has 0 aliphatic carbocycles. The van der Waals surface area contributed by atoms with Gasteiger partial charge in [0, 0.05) is 36.6 Å². The maximum absolute atomic E-state index is 13.0. The van der Waals surface area contributed by atoms with E-state index < -0.39 is 30.3 Å². The average Bonchev–Trinajstić information content (AvgIpc) is 3.07. The zero-order valence-corrected chi connectivity index (χ0v) is 15.2. The summed E-state index contributed by atoms with van der Waals surface area (Å²) in [5, 5.41) is 0. The van der Waals surface area contributed by atoms with Crippen LogP contribution in [0.1, 0.15) is 48.8 Å². The molecule has 4 rings (SSSR count). The Labute approximate surface area is 169 Å². The van der Waals surface area contributed by atoms with Gasteiger partial charge in [0.05, 0.1) is 12.4 Å². The fraction of sp³-hybridized carbons (Fsp3) is 0.364. The number of fused-ring (bicyclic) bond motifs is 1. The molecule has 3 aromatic rings. The first-order valence-electron chi connectivity index (χ1n) is 11.7. The van der Waals surface area contributed by atoms with Crippen LogP contribution < -0.4 is 5.69 Å². The van der Waals surface area contributed by atoms with Crippen molar-refractivity contribution in [3.8, 4) is 0 Å². The number of H-pyrrole nitrogens is 1.